The Hall–Kier alpha value is -4.13. The van der Waals surface area contributed by atoms with E-state index in [-0.39, 0.29) is 23.7 Å². The van der Waals surface area contributed by atoms with Crippen LogP contribution in [0, 0.1) is 5.82 Å². The fraction of sp³-hybridized carbons (Fsp3) is 0.185. The summed E-state index contributed by atoms with van der Waals surface area (Å²) in [6, 6.07) is 18.7. The fourth-order valence-corrected chi connectivity index (χ4v) is 4.29. The predicted molar refractivity (Wildman–Crippen MR) is 128 cm³/mol. The number of para-hydroxylation sites is 1. The highest BCUT2D eigenvalue weighted by molar-refractivity contribution is 6.07. The SMILES string of the molecule is O=C(NC1CCN(C(=O)c2cc(-c3ccncc3)nc3ccccc23)CC1)c1ccc(F)cc1. The van der Waals surface area contributed by atoms with Gasteiger partial charge in [0.25, 0.3) is 11.8 Å². The number of carbonyl (C=O) groups excluding carboxylic acids is 2. The number of pyridine rings is 2. The maximum atomic E-state index is 13.5. The lowest BCUT2D eigenvalue weighted by Crippen LogP contribution is -2.46. The van der Waals surface area contributed by atoms with E-state index in [1.165, 1.54) is 24.3 Å². The topological polar surface area (TPSA) is 75.2 Å². The van der Waals surface area contributed by atoms with Crippen molar-refractivity contribution in [3.8, 4) is 11.3 Å². The van der Waals surface area contributed by atoms with Gasteiger partial charge in [-0.25, -0.2) is 9.37 Å². The van der Waals surface area contributed by atoms with Crippen LogP contribution in [0.1, 0.15) is 33.6 Å². The Labute approximate surface area is 196 Å². The summed E-state index contributed by atoms with van der Waals surface area (Å²) in [7, 11) is 0. The number of hydrogen-bond acceptors (Lipinski definition) is 4. The van der Waals surface area contributed by atoms with Crippen LogP contribution in [0.5, 0.6) is 0 Å². The van der Waals surface area contributed by atoms with Gasteiger partial charge in [-0.15, -0.1) is 0 Å². The lowest BCUT2D eigenvalue weighted by molar-refractivity contribution is 0.0700. The van der Waals surface area contributed by atoms with Crippen molar-refractivity contribution in [2.75, 3.05) is 13.1 Å². The van der Waals surface area contributed by atoms with Crippen molar-refractivity contribution in [2.45, 2.75) is 18.9 Å². The third-order valence-electron chi connectivity index (χ3n) is 6.15. The molecule has 0 saturated carbocycles. The number of fused-ring (bicyclic) bond motifs is 1. The summed E-state index contributed by atoms with van der Waals surface area (Å²) in [6.07, 6.45) is 4.72. The van der Waals surface area contributed by atoms with Gasteiger partial charge >= 0.3 is 0 Å². The molecule has 1 N–H and O–H groups in total. The van der Waals surface area contributed by atoms with Crippen LogP contribution in [0.4, 0.5) is 4.39 Å². The van der Waals surface area contributed by atoms with Gasteiger partial charge in [0, 0.05) is 48.0 Å². The van der Waals surface area contributed by atoms with Crippen LogP contribution in [0.2, 0.25) is 0 Å². The predicted octanol–water partition coefficient (Wildman–Crippen LogP) is 4.47. The third-order valence-corrected chi connectivity index (χ3v) is 6.15. The van der Waals surface area contributed by atoms with Gasteiger partial charge in [-0.1, -0.05) is 18.2 Å². The molecule has 0 spiro atoms. The van der Waals surface area contributed by atoms with E-state index < -0.39 is 0 Å². The first-order valence-electron chi connectivity index (χ1n) is 11.2. The van der Waals surface area contributed by atoms with Gasteiger partial charge in [-0.05, 0) is 61.4 Å². The number of likely N-dealkylation sites (tertiary alicyclic amines) is 1. The zero-order valence-electron chi connectivity index (χ0n) is 18.4. The second-order valence-electron chi connectivity index (χ2n) is 8.35. The average molecular weight is 455 g/mol. The monoisotopic (exact) mass is 454 g/mol. The number of halogens is 1. The van der Waals surface area contributed by atoms with Crippen molar-refractivity contribution >= 4 is 22.7 Å². The molecule has 34 heavy (non-hydrogen) atoms. The minimum absolute atomic E-state index is 0.0387. The van der Waals surface area contributed by atoms with Gasteiger partial charge in [0.05, 0.1) is 16.8 Å². The molecule has 0 unspecified atom stereocenters. The van der Waals surface area contributed by atoms with E-state index in [1.54, 1.807) is 12.4 Å². The van der Waals surface area contributed by atoms with Crippen LogP contribution in [0.25, 0.3) is 22.2 Å². The number of hydrogen-bond donors (Lipinski definition) is 1. The number of benzene rings is 2. The Balaban J connectivity index is 1.32. The van der Waals surface area contributed by atoms with Crippen LogP contribution in [-0.2, 0) is 0 Å². The first-order chi connectivity index (χ1) is 16.6. The number of nitrogens with zero attached hydrogens (tertiary/aromatic N) is 3. The highest BCUT2D eigenvalue weighted by Gasteiger charge is 2.26. The quantitative estimate of drug-likeness (QED) is 0.494. The first-order valence-corrected chi connectivity index (χ1v) is 11.2. The molecule has 4 aromatic rings. The molecule has 170 valence electrons. The summed E-state index contributed by atoms with van der Waals surface area (Å²) in [5.74, 6) is -0.650. The van der Waals surface area contributed by atoms with Crippen LogP contribution in [-0.4, -0.2) is 45.8 Å². The van der Waals surface area contributed by atoms with E-state index >= 15 is 0 Å². The highest BCUT2D eigenvalue weighted by atomic mass is 19.1. The number of piperidine rings is 1. The summed E-state index contributed by atoms with van der Waals surface area (Å²) in [5.41, 5.74) is 3.43. The zero-order valence-corrected chi connectivity index (χ0v) is 18.4. The standard InChI is InChI=1S/C27H23FN4O2/c28-20-7-5-19(6-8-20)26(33)30-21-11-15-32(16-12-21)27(34)23-17-25(18-9-13-29-14-10-18)31-24-4-2-1-3-22(23)24/h1-10,13-14,17,21H,11-12,15-16H2,(H,30,33). The van der Waals surface area contributed by atoms with Crippen LogP contribution in [0.3, 0.4) is 0 Å². The highest BCUT2D eigenvalue weighted by Crippen LogP contribution is 2.26. The second kappa shape index (κ2) is 9.39. The van der Waals surface area contributed by atoms with Crippen molar-refractivity contribution in [2.24, 2.45) is 0 Å². The van der Waals surface area contributed by atoms with Gasteiger partial charge in [0.2, 0.25) is 0 Å². The fourth-order valence-electron chi connectivity index (χ4n) is 4.29. The van der Waals surface area contributed by atoms with Gasteiger partial charge < -0.3 is 10.2 Å². The normalized spacial score (nSPS) is 14.2. The number of nitrogens with one attached hydrogen (secondary N) is 1. The van der Waals surface area contributed by atoms with E-state index in [1.807, 2.05) is 47.4 Å². The van der Waals surface area contributed by atoms with Crippen LogP contribution in [0.15, 0.2) is 79.1 Å². The molecule has 1 aliphatic rings. The maximum absolute atomic E-state index is 13.5. The summed E-state index contributed by atoms with van der Waals surface area (Å²) < 4.78 is 13.1. The Morgan fingerprint density at radius 1 is 0.941 bits per heavy atom. The van der Waals surface area contributed by atoms with Crippen molar-refractivity contribution < 1.29 is 14.0 Å². The molecule has 3 heterocycles. The molecule has 5 rings (SSSR count). The molecule has 1 fully saturated rings. The third kappa shape index (κ3) is 4.50. The first kappa shape index (κ1) is 21.7. The van der Waals surface area contributed by atoms with Gasteiger partial charge in [-0.3, -0.25) is 14.6 Å². The summed E-state index contributed by atoms with van der Waals surface area (Å²) >= 11 is 0. The van der Waals surface area contributed by atoms with E-state index in [9.17, 15) is 14.0 Å². The van der Waals surface area contributed by atoms with Gasteiger partial charge in [-0.2, -0.15) is 0 Å². The van der Waals surface area contributed by atoms with E-state index in [4.69, 9.17) is 4.98 Å². The number of carbonyl (C=O) groups is 2. The molecule has 2 aromatic carbocycles. The number of amides is 2. The van der Waals surface area contributed by atoms with Crippen LogP contribution >= 0.6 is 0 Å². The summed E-state index contributed by atoms with van der Waals surface area (Å²) in [4.78, 5) is 36.6. The van der Waals surface area contributed by atoms with Crippen LogP contribution < -0.4 is 5.32 Å². The van der Waals surface area contributed by atoms with Gasteiger partial charge in [0.15, 0.2) is 0 Å². The molecule has 1 aliphatic heterocycles. The minimum atomic E-state index is -0.376. The maximum Gasteiger partial charge on any atom is 0.254 e. The molecule has 0 radical (unpaired) electrons. The number of rotatable bonds is 4. The second-order valence-corrected chi connectivity index (χ2v) is 8.35. The number of aromatic nitrogens is 2. The van der Waals surface area contributed by atoms with E-state index in [0.717, 1.165) is 22.2 Å². The van der Waals surface area contributed by atoms with Crippen molar-refractivity contribution in [3.63, 3.8) is 0 Å². The molecule has 7 heteroatoms. The van der Waals surface area contributed by atoms with E-state index in [2.05, 4.69) is 10.3 Å². The summed E-state index contributed by atoms with van der Waals surface area (Å²) in [5, 5.41) is 3.82. The molecular formula is C27H23FN4O2. The van der Waals surface area contributed by atoms with E-state index in [0.29, 0.717) is 37.1 Å². The van der Waals surface area contributed by atoms with Crippen molar-refractivity contribution in [1.29, 1.82) is 0 Å². The molecule has 6 nitrogen and oxygen atoms in total. The molecule has 1 saturated heterocycles. The lowest BCUT2D eigenvalue weighted by atomic mass is 10.0. The zero-order chi connectivity index (χ0) is 23.5. The molecule has 0 aliphatic carbocycles. The molecule has 2 aromatic heterocycles. The average Bonchev–Trinajstić information content (AvgIpc) is 2.89. The Bertz CT molecular complexity index is 1330. The molecule has 2 amide bonds. The van der Waals surface area contributed by atoms with Gasteiger partial charge in [0.1, 0.15) is 5.82 Å². The molecule has 0 bridgehead atoms. The van der Waals surface area contributed by atoms with Crippen molar-refractivity contribution in [1.82, 2.24) is 20.2 Å². The molecule has 0 atom stereocenters. The minimum Gasteiger partial charge on any atom is -0.349 e. The Morgan fingerprint density at radius 2 is 1.65 bits per heavy atom. The smallest absolute Gasteiger partial charge is 0.254 e. The largest absolute Gasteiger partial charge is 0.349 e. The Kier molecular flexibility index (Phi) is 5.99. The molecular weight excluding hydrogens is 431 g/mol. The lowest BCUT2D eigenvalue weighted by Gasteiger charge is -2.32. The summed E-state index contributed by atoms with van der Waals surface area (Å²) in [6.45, 7) is 1.07. The Morgan fingerprint density at radius 3 is 2.38 bits per heavy atom. The van der Waals surface area contributed by atoms with Crippen molar-refractivity contribution in [3.05, 3.63) is 96.1 Å².